The first kappa shape index (κ1) is 26.5. The number of H-pyrrole nitrogens is 1. The first-order valence-corrected chi connectivity index (χ1v) is 12.7. The first-order valence-electron chi connectivity index (χ1n) is 12.7. The van der Waals surface area contributed by atoms with E-state index < -0.39 is 6.10 Å². The minimum absolute atomic E-state index is 0. The zero-order chi connectivity index (χ0) is 26.1. The summed E-state index contributed by atoms with van der Waals surface area (Å²) in [5, 5.41) is 5.58. The molecule has 0 amide bonds. The van der Waals surface area contributed by atoms with Crippen molar-refractivity contribution < 1.29 is 23.5 Å². The molecule has 1 aliphatic carbocycles. The van der Waals surface area contributed by atoms with Crippen molar-refractivity contribution in [2.75, 3.05) is 40.5 Å². The van der Waals surface area contributed by atoms with Crippen molar-refractivity contribution in [1.29, 1.82) is 0 Å². The number of nitrogens with one attached hydrogen (secondary N) is 1. The number of hydrogen-bond donors (Lipinski definition) is 1. The third-order valence-electron chi connectivity index (χ3n) is 7.18. The summed E-state index contributed by atoms with van der Waals surface area (Å²) >= 11 is 0. The molecule has 9 heteroatoms. The molecule has 202 valence electrons. The Morgan fingerprint density at radius 1 is 1.08 bits per heavy atom. The van der Waals surface area contributed by atoms with Crippen LogP contribution in [0.5, 0.6) is 17.2 Å². The average Bonchev–Trinajstić information content (AvgIpc) is 3.75. The van der Waals surface area contributed by atoms with Crippen LogP contribution in [-0.4, -0.2) is 56.1 Å². The highest BCUT2D eigenvalue weighted by molar-refractivity contribution is 6.30. The molecule has 1 aliphatic heterocycles. The van der Waals surface area contributed by atoms with Crippen molar-refractivity contribution >= 4 is 29.0 Å². The molecule has 0 spiro atoms. The summed E-state index contributed by atoms with van der Waals surface area (Å²) in [6.45, 7) is 3.87. The Morgan fingerprint density at radius 3 is 2.54 bits per heavy atom. The number of furan rings is 1. The van der Waals surface area contributed by atoms with E-state index in [1.54, 1.807) is 32.8 Å². The number of likely N-dealkylation sites (tertiary alicyclic amines) is 1. The van der Waals surface area contributed by atoms with Gasteiger partial charge in [-0.25, -0.2) is 0 Å². The Bertz CT molecular complexity index is 1530. The molecule has 2 aromatic carbocycles. The van der Waals surface area contributed by atoms with E-state index in [0.29, 0.717) is 23.8 Å². The van der Waals surface area contributed by atoms with Gasteiger partial charge in [-0.2, -0.15) is 0 Å². The number of rotatable bonds is 9. The molecule has 1 N–H and O–H groups in total. The molecule has 8 nitrogen and oxygen atoms in total. The number of fused-ring (bicyclic) bond motifs is 5. The third kappa shape index (κ3) is 4.91. The van der Waals surface area contributed by atoms with Gasteiger partial charge < -0.3 is 28.4 Å². The van der Waals surface area contributed by atoms with Gasteiger partial charge in [0.1, 0.15) is 18.1 Å². The van der Waals surface area contributed by atoms with Gasteiger partial charge in [-0.1, -0.05) is 11.1 Å². The van der Waals surface area contributed by atoms with E-state index in [1.807, 2.05) is 24.3 Å². The number of oxime groups is 1. The summed E-state index contributed by atoms with van der Waals surface area (Å²) < 4.78 is 22.5. The van der Waals surface area contributed by atoms with Gasteiger partial charge in [-0.15, -0.1) is 18.8 Å². The minimum atomic E-state index is -0.691. The van der Waals surface area contributed by atoms with E-state index in [2.05, 4.69) is 27.0 Å². The molecule has 0 bridgehead atoms. The van der Waals surface area contributed by atoms with Crippen molar-refractivity contribution in [2.45, 2.75) is 18.9 Å². The third-order valence-corrected chi connectivity index (χ3v) is 7.18. The summed E-state index contributed by atoms with van der Waals surface area (Å²) in [4.78, 5) is 11.9. The zero-order valence-corrected chi connectivity index (χ0v) is 22.7. The Labute approximate surface area is 233 Å². The highest BCUT2D eigenvalue weighted by Gasteiger charge is 2.32. The van der Waals surface area contributed by atoms with Gasteiger partial charge in [0.15, 0.2) is 11.5 Å². The van der Waals surface area contributed by atoms with Crippen LogP contribution in [0.3, 0.4) is 0 Å². The fraction of sp³-hybridized carbons (Fsp3) is 0.300. The summed E-state index contributed by atoms with van der Waals surface area (Å²) in [6.07, 6.45) is 10.7. The van der Waals surface area contributed by atoms with E-state index in [9.17, 15) is 0 Å². The molecule has 1 saturated heterocycles. The second kappa shape index (κ2) is 11.4. The van der Waals surface area contributed by atoms with Crippen LogP contribution in [0.25, 0.3) is 22.2 Å². The van der Waals surface area contributed by atoms with Crippen LogP contribution in [0.1, 0.15) is 35.6 Å². The predicted octanol–water partition coefficient (Wildman–Crippen LogP) is 5.80. The van der Waals surface area contributed by atoms with Crippen LogP contribution < -0.4 is 14.2 Å². The van der Waals surface area contributed by atoms with Crippen molar-refractivity contribution in [3.8, 4) is 40.8 Å². The Kier molecular flexibility index (Phi) is 7.73. The molecule has 0 radical (unpaired) electrons. The van der Waals surface area contributed by atoms with Crippen molar-refractivity contribution in [2.24, 2.45) is 5.16 Å². The average molecular weight is 548 g/mol. The normalized spacial score (nSPS) is 15.9. The summed E-state index contributed by atoms with van der Waals surface area (Å²) in [6, 6.07) is 11.7. The lowest BCUT2D eigenvalue weighted by atomic mass is 10.1. The van der Waals surface area contributed by atoms with Crippen LogP contribution >= 0.6 is 12.4 Å². The largest absolute Gasteiger partial charge is 0.493 e. The van der Waals surface area contributed by atoms with E-state index in [-0.39, 0.29) is 12.4 Å². The Hall–Kier alpha value is -4.06. The van der Waals surface area contributed by atoms with Gasteiger partial charge in [0, 0.05) is 39.7 Å². The monoisotopic (exact) mass is 547 g/mol. The molecule has 3 heterocycles. The smallest absolute Gasteiger partial charge is 0.215 e. The van der Waals surface area contributed by atoms with E-state index in [0.717, 1.165) is 64.2 Å². The van der Waals surface area contributed by atoms with Crippen LogP contribution in [0.4, 0.5) is 0 Å². The van der Waals surface area contributed by atoms with Gasteiger partial charge in [-0.05, 0) is 62.3 Å². The number of nitrogens with zero attached hydrogens (tertiary/aromatic N) is 2. The maximum absolute atomic E-state index is 6.15. The molecular formula is C30H30ClN3O5. The van der Waals surface area contributed by atoms with Gasteiger partial charge >= 0.3 is 0 Å². The molecule has 39 heavy (non-hydrogen) atoms. The highest BCUT2D eigenvalue weighted by atomic mass is 35.5. The second-order valence-corrected chi connectivity index (χ2v) is 9.38. The molecule has 0 saturated carbocycles. The lowest BCUT2D eigenvalue weighted by Crippen LogP contribution is -2.25. The van der Waals surface area contributed by atoms with Crippen LogP contribution in [0, 0.1) is 12.3 Å². The lowest BCUT2D eigenvalue weighted by Gasteiger charge is -2.15. The number of benzene rings is 2. The topological polar surface area (TPSA) is 81.4 Å². The quantitative estimate of drug-likeness (QED) is 0.186. The number of hydrogen-bond acceptors (Lipinski definition) is 7. The lowest BCUT2D eigenvalue weighted by molar-refractivity contribution is 0.0996. The molecule has 1 fully saturated rings. The fourth-order valence-corrected chi connectivity index (χ4v) is 5.24. The molecule has 6 rings (SSSR count). The molecule has 2 aliphatic rings. The second-order valence-electron chi connectivity index (χ2n) is 9.38. The summed E-state index contributed by atoms with van der Waals surface area (Å²) in [7, 11) is 3.23. The number of halogens is 1. The van der Waals surface area contributed by atoms with Crippen LogP contribution in [0.2, 0.25) is 0 Å². The van der Waals surface area contributed by atoms with Crippen molar-refractivity contribution in [3.63, 3.8) is 0 Å². The van der Waals surface area contributed by atoms with Crippen molar-refractivity contribution in [3.05, 3.63) is 65.6 Å². The summed E-state index contributed by atoms with van der Waals surface area (Å²) in [5.74, 6) is 4.68. The van der Waals surface area contributed by atoms with Gasteiger partial charge in [-0.3, -0.25) is 4.90 Å². The minimum Gasteiger partial charge on any atom is -0.493 e. The molecule has 1 unspecified atom stereocenters. The summed E-state index contributed by atoms with van der Waals surface area (Å²) in [5.41, 5.74) is 5.97. The van der Waals surface area contributed by atoms with Crippen LogP contribution in [0.15, 0.2) is 58.5 Å². The number of aromatic amines is 1. The van der Waals surface area contributed by atoms with E-state index in [1.165, 1.54) is 12.8 Å². The number of methoxy groups -OCH3 is 2. The SMILES string of the molecule is C#CC(O/N=C1/c2cc(OC)c(OC)cc2-c2[nH]c3ccc(OCCN4CCCC4)cc3c21)c1ccoc1.Cl. The molecule has 1 atom stereocenters. The molecular weight excluding hydrogens is 518 g/mol. The number of aromatic nitrogens is 1. The Balaban J connectivity index is 0.00000308. The number of terminal acetylenes is 1. The zero-order valence-electron chi connectivity index (χ0n) is 21.9. The molecule has 4 aromatic rings. The number of ether oxygens (including phenoxy) is 3. The maximum Gasteiger partial charge on any atom is 0.215 e. The maximum atomic E-state index is 6.15. The van der Waals surface area contributed by atoms with E-state index in [4.69, 9.17) is 29.9 Å². The van der Waals surface area contributed by atoms with Gasteiger partial charge in [0.05, 0.1) is 32.4 Å². The standard InChI is InChI=1S/C30H29N3O5.ClH/c1-4-25(19-9-13-36-18-19)38-32-30-22-17-27(35-3)26(34-2)16-21(22)29-28(30)23-15-20(7-8-24(23)31-29)37-14-12-33-10-5-6-11-33;/h1,7-9,13,15-18,25,31H,5-6,10-12,14H2,2-3H3;1H/b32-30-;. The van der Waals surface area contributed by atoms with Crippen LogP contribution in [-0.2, 0) is 4.84 Å². The van der Waals surface area contributed by atoms with E-state index >= 15 is 0 Å². The highest BCUT2D eigenvalue weighted by Crippen LogP contribution is 2.46. The van der Waals surface area contributed by atoms with Gasteiger partial charge in [0.2, 0.25) is 6.10 Å². The molecule has 2 aromatic heterocycles. The fourth-order valence-electron chi connectivity index (χ4n) is 5.24. The van der Waals surface area contributed by atoms with Gasteiger partial charge in [0.25, 0.3) is 0 Å². The van der Waals surface area contributed by atoms with Crippen molar-refractivity contribution in [1.82, 2.24) is 9.88 Å². The Morgan fingerprint density at radius 2 is 1.85 bits per heavy atom. The first-order chi connectivity index (χ1) is 18.7. The predicted molar refractivity (Wildman–Crippen MR) is 152 cm³/mol.